The molecule has 10 nitrogen and oxygen atoms in total. The number of carboxylic acid groups (broad SMARTS) is 1. The lowest BCUT2D eigenvalue weighted by atomic mass is 9.52. The molecular formula is C22H44O10. The van der Waals surface area contributed by atoms with Crippen LogP contribution >= 0.6 is 0 Å². The van der Waals surface area contributed by atoms with Crippen molar-refractivity contribution < 1.29 is 50.8 Å². The lowest BCUT2D eigenvalue weighted by Crippen LogP contribution is -2.55. The van der Waals surface area contributed by atoms with Crippen LogP contribution in [0.5, 0.6) is 0 Å². The molecule has 0 amide bonds. The molecule has 0 bridgehead atoms. The van der Waals surface area contributed by atoms with Crippen molar-refractivity contribution in [2.75, 3.05) is 26.4 Å². The number of hydrogen-bond donors (Lipinski definition) is 9. The van der Waals surface area contributed by atoms with Gasteiger partial charge in [0.1, 0.15) is 0 Å². The molecule has 0 aromatic heterocycles. The van der Waals surface area contributed by atoms with Gasteiger partial charge in [0.05, 0.1) is 56.3 Å². The zero-order valence-electron chi connectivity index (χ0n) is 19.1. The first-order valence-electron chi connectivity index (χ1n) is 11.5. The predicted molar refractivity (Wildman–Crippen MR) is 117 cm³/mol. The molecular weight excluding hydrogens is 424 g/mol. The van der Waals surface area contributed by atoms with E-state index in [0.29, 0.717) is 6.42 Å². The largest absolute Gasteiger partial charge is 0.481 e. The Morgan fingerprint density at radius 3 is 1.38 bits per heavy atom. The molecule has 0 saturated carbocycles. The number of aliphatic carboxylic acids is 1. The van der Waals surface area contributed by atoms with Gasteiger partial charge in [-0.05, 0) is 37.5 Å². The van der Waals surface area contributed by atoms with Gasteiger partial charge in [-0.1, -0.05) is 39.0 Å². The van der Waals surface area contributed by atoms with Crippen molar-refractivity contribution in [3.05, 3.63) is 0 Å². The van der Waals surface area contributed by atoms with Gasteiger partial charge in [-0.2, -0.15) is 0 Å². The van der Waals surface area contributed by atoms with Gasteiger partial charge in [0.2, 0.25) is 0 Å². The highest BCUT2D eigenvalue weighted by Gasteiger charge is 2.58. The van der Waals surface area contributed by atoms with Gasteiger partial charge in [-0.15, -0.1) is 0 Å². The van der Waals surface area contributed by atoms with E-state index in [1.807, 2.05) is 6.92 Å². The maximum Gasteiger partial charge on any atom is 0.310 e. The number of aliphatic hydroxyl groups excluding tert-OH is 8. The number of aliphatic hydroxyl groups is 8. The Bertz CT molecular complexity index is 477. The Labute approximate surface area is 190 Å². The molecule has 4 atom stereocenters. The molecule has 0 saturated heterocycles. The molecule has 9 N–H and O–H groups in total. The Balaban J connectivity index is 6.62. The molecule has 0 aromatic rings. The number of hydrogen-bond acceptors (Lipinski definition) is 9. The third-order valence-electron chi connectivity index (χ3n) is 6.45. The van der Waals surface area contributed by atoms with Gasteiger partial charge in [-0.25, -0.2) is 0 Å². The lowest BCUT2D eigenvalue weighted by Gasteiger charge is -2.51. The van der Waals surface area contributed by atoms with E-state index in [1.165, 1.54) is 0 Å². The maximum atomic E-state index is 12.8. The molecule has 32 heavy (non-hydrogen) atoms. The van der Waals surface area contributed by atoms with Crippen molar-refractivity contribution in [3.63, 3.8) is 0 Å². The molecule has 0 aromatic carbocycles. The zero-order chi connectivity index (χ0) is 24.8. The fraction of sp³-hybridized carbons (Fsp3) is 0.955. The van der Waals surface area contributed by atoms with Crippen molar-refractivity contribution in [3.8, 4) is 0 Å². The third-order valence-corrected chi connectivity index (χ3v) is 6.45. The number of carboxylic acids is 1. The lowest BCUT2D eigenvalue weighted by molar-refractivity contribution is -0.178. The summed E-state index contributed by atoms with van der Waals surface area (Å²) in [5, 5.41) is 89.4. The van der Waals surface area contributed by atoms with E-state index in [9.17, 15) is 50.8 Å². The van der Waals surface area contributed by atoms with Crippen LogP contribution < -0.4 is 0 Å². The van der Waals surface area contributed by atoms with E-state index in [0.717, 1.165) is 25.7 Å². The second kappa shape index (κ2) is 15.9. The zero-order valence-corrected chi connectivity index (χ0v) is 19.1. The summed E-state index contributed by atoms with van der Waals surface area (Å²) < 4.78 is 0. The second-order valence-corrected chi connectivity index (χ2v) is 8.99. The normalized spacial score (nSPS) is 19.5. The highest BCUT2D eigenvalue weighted by Crippen LogP contribution is 2.56. The van der Waals surface area contributed by atoms with E-state index >= 15 is 0 Å². The Morgan fingerprint density at radius 2 is 1.03 bits per heavy atom. The molecule has 0 aliphatic rings. The summed E-state index contributed by atoms with van der Waals surface area (Å²) >= 11 is 0. The standard InChI is InChI=1S/C22H44O10/c1-2-3-4-5-6-7-21(8-16(27)12-23,9-17(28)13-24)22(20(31)32,10-18(29)14-25)11-19(30)15-26/h16-19,23-30H,2-15H2,1H3,(H,31,32). The summed E-state index contributed by atoms with van der Waals surface area (Å²) in [5.74, 6) is -1.43. The van der Waals surface area contributed by atoms with Gasteiger partial charge in [-0.3, -0.25) is 4.79 Å². The van der Waals surface area contributed by atoms with Crippen LogP contribution in [0.1, 0.15) is 71.1 Å². The number of rotatable bonds is 20. The minimum Gasteiger partial charge on any atom is -0.481 e. The van der Waals surface area contributed by atoms with E-state index in [-0.39, 0.29) is 19.3 Å². The van der Waals surface area contributed by atoms with Crippen LogP contribution in [0.4, 0.5) is 0 Å². The molecule has 0 rings (SSSR count). The molecule has 192 valence electrons. The highest BCUT2D eigenvalue weighted by molar-refractivity contribution is 5.76. The van der Waals surface area contributed by atoms with E-state index in [2.05, 4.69) is 0 Å². The van der Waals surface area contributed by atoms with E-state index in [1.54, 1.807) is 0 Å². The van der Waals surface area contributed by atoms with Gasteiger partial charge in [0, 0.05) is 0 Å². The van der Waals surface area contributed by atoms with Crippen molar-refractivity contribution in [1.29, 1.82) is 0 Å². The minimum absolute atomic E-state index is 0.160. The predicted octanol–water partition coefficient (Wildman–Crippen LogP) is -0.622. The monoisotopic (exact) mass is 468 g/mol. The summed E-state index contributed by atoms with van der Waals surface area (Å²) in [6.45, 7) is -0.799. The van der Waals surface area contributed by atoms with Crippen molar-refractivity contribution in [2.24, 2.45) is 10.8 Å². The van der Waals surface area contributed by atoms with Crippen LogP contribution in [0.25, 0.3) is 0 Å². The smallest absolute Gasteiger partial charge is 0.310 e. The van der Waals surface area contributed by atoms with Gasteiger partial charge >= 0.3 is 5.97 Å². The summed E-state index contributed by atoms with van der Waals surface area (Å²) in [7, 11) is 0. The molecule has 0 fully saturated rings. The summed E-state index contributed by atoms with van der Waals surface area (Å²) in [5.41, 5.74) is -3.45. The summed E-state index contributed by atoms with van der Waals surface area (Å²) in [6, 6.07) is 0. The van der Waals surface area contributed by atoms with Crippen LogP contribution in [-0.4, -0.2) is 103 Å². The van der Waals surface area contributed by atoms with Crippen molar-refractivity contribution in [2.45, 2.75) is 95.5 Å². The maximum absolute atomic E-state index is 12.8. The quantitative estimate of drug-likeness (QED) is 0.104. The molecule has 0 spiro atoms. The summed E-state index contributed by atoms with van der Waals surface area (Å²) in [6.07, 6.45) is -3.00. The molecule has 0 aliphatic heterocycles. The number of unbranched alkanes of at least 4 members (excludes halogenated alkanes) is 4. The van der Waals surface area contributed by atoms with Crippen LogP contribution in [0.15, 0.2) is 0 Å². The first-order chi connectivity index (χ1) is 15.1. The van der Waals surface area contributed by atoms with Crippen LogP contribution in [-0.2, 0) is 4.79 Å². The van der Waals surface area contributed by atoms with E-state index in [4.69, 9.17) is 0 Å². The molecule has 0 aliphatic carbocycles. The SMILES string of the molecule is CCCCCCCC(CC(O)CO)(CC(O)CO)C(CC(O)CO)(CC(O)CO)C(=O)O. The first-order valence-corrected chi connectivity index (χ1v) is 11.5. The fourth-order valence-electron chi connectivity index (χ4n) is 4.87. The molecule has 0 radical (unpaired) electrons. The fourth-order valence-corrected chi connectivity index (χ4v) is 4.87. The van der Waals surface area contributed by atoms with Gasteiger partial charge in [0.15, 0.2) is 0 Å². The highest BCUT2D eigenvalue weighted by atomic mass is 16.4. The minimum atomic E-state index is -1.98. The second-order valence-electron chi connectivity index (χ2n) is 8.99. The number of carbonyl (C=O) groups is 1. The van der Waals surface area contributed by atoms with E-state index < -0.39 is 80.5 Å². The Hall–Kier alpha value is -0.850. The van der Waals surface area contributed by atoms with Gasteiger partial charge < -0.3 is 46.0 Å². The molecule has 10 heteroatoms. The topological polar surface area (TPSA) is 199 Å². The van der Waals surface area contributed by atoms with Crippen molar-refractivity contribution >= 4 is 5.97 Å². The van der Waals surface area contributed by atoms with Gasteiger partial charge in [0.25, 0.3) is 0 Å². The van der Waals surface area contributed by atoms with Crippen LogP contribution in [0.3, 0.4) is 0 Å². The van der Waals surface area contributed by atoms with Crippen LogP contribution in [0.2, 0.25) is 0 Å². The first kappa shape index (κ1) is 31.1. The third kappa shape index (κ3) is 9.18. The van der Waals surface area contributed by atoms with Crippen molar-refractivity contribution in [1.82, 2.24) is 0 Å². The average molecular weight is 469 g/mol. The molecule has 0 heterocycles. The Kier molecular flexibility index (Phi) is 15.5. The average Bonchev–Trinajstić information content (AvgIpc) is 2.77. The summed E-state index contributed by atoms with van der Waals surface area (Å²) in [4.78, 5) is 12.8. The van der Waals surface area contributed by atoms with Crippen LogP contribution in [0, 0.1) is 10.8 Å². The molecule has 4 unspecified atom stereocenters. The Morgan fingerprint density at radius 1 is 0.656 bits per heavy atom.